The molecule has 2 rings (SSSR count). The first-order valence-corrected chi connectivity index (χ1v) is 6.42. The number of hydrogen-bond donors (Lipinski definition) is 1. The maximum Gasteiger partial charge on any atom is 0.170 e. The van der Waals surface area contributed by atoms with Gasteiger partial charge >= 0.3 is 0 Å². The lowest BCUT2D eigenvalue weighted by Crippen LogP contribution is -2.53. The SMILES string of the molecule is Cc1nc(C=O)c(Cl)c(N2C(C)COCC2CO)n1. The van der Waals surface area contributed by atoms with Gasteiger partial charge in [0.25, 0.3) is 0 Å². The van der Waals surface area contributed by atoms with E-state index in [2.05, 4.69) is 9.97 Å². The van der Waals surface area contributed by atoms with Crippen molar-refractivity contribution in [2.24, 2.45) is 0 Å². The van der Waals surface area contributed by atoms with Gasteiger partial charge in [-0.2, -0.15) is 0 Å². The van der Waals surface area contributed by atoms with Crippen LogP contribution >= 0.6 is 11.6 Å². The van der Waals surface area contributed by atoms with Crippen LogP contribution in [0.1, 0.15) is 23.2 Å². The van der Waals surface area contributed by atoms with Gasteiger partial charge in [0, 0.05) is 0 Å². The van der Waals surface area contributed by atoms with Gasteiger partial charge in [0.15, 0.2) is 12.1 Å². The molecule has 1 saturated heterocycles. The number of morpholine rings is 1. The Bertz CT molecular complexity index is 484. The van der Waals surface area contributed by atoms with E-state index in [1.165, 1.54) is 0 Å². The van der Waals surface area contributed by atoms with Crippen LogP contribution in [0.15, 0.2) is 0 Å². The zero-order valence-corrected chi connectivity index (χ0v) is 11.6. The number of aromatic nitrogens is 2. The number of aliphatic hydroxyl groups excluding tert-OH is 1. The molecule has 0 radical (unpaired) electrons. The molecule has 1 N–H and O–H groups in total. The van der Waals surface area contributed by atoms with Crippen LogP contribution in [0.4, 0.5) is 5.82 Å². The van der Waals surface area contributed by atoms with E-state index in [-0.39, 0.29) is 29.4 Å². The van der Waals surface area contributed by atoms with Gasteiger partial charge in [0.1, 0.15) is 16.5 Å². The Hall–Kier alpha value is -1.24. The minimum absolute atomic E-state index is 0.0113. The normalized spacial score (nSPS) is 23.5. The van der Waals surface area contributed by atoms with Crippen molar-refractivity contribution in [3.63, 3.8) is 0 Å². The highest BCUT2D eigenvalue weighted by Gasteiger charge is 2.31. The average Bonchev–Trinajstić information content (AvgIpc) is 2.41. The Morgan fingerprint density at radius 1 is 1.53 bits per heavy atom. The molecule has 6 nitrogen and oxygen atoms in total. The first kappa shape index (κ1) is 14.2. The second kappa shape index (κ2) is 5.81. The lowest BCUT2D eigenvalue weighted by Gasteiger charge is -2.40. The Kier molecular flexibility index (Phi) is 4.34. The van der Waals surface area contributed by atoms with E-state index in [4.69, 9.17) is 16.3 Å². The Labute approximate surface area is 116 Å². The molecule has 0 spiro atoms. The van der Waals surface area contributed by atoms with Crippen molar-refractivity contribution in [3.05, 3.63) is 16.5 Å². The molecule has 104 valence electrons. The molecule has 0 aromatic carbocycles. The third-order valence-corrected chi connectivity index (χ3v) is 3.44. The number of anilines is 1. The number of halogens is 1. The fourth-order valence-corrected chi connectivity index (χ4v) is 2.46. The van der Waals surface area contributed by atoms with Gasteiger partial charge in [-0.05, 0) is 13.8 Å². The maximum absolute atomic E-state index is 11.0. The van der Waals surface area contributed by atoms with Gasteiger partial charge < -0.3 is 14.7 Å². The number of aryl methyl sites for hydroxylation is 1. The zero-order chi connectivity index (χ0) is 14.0. The van der Waals surface area contributed by atoms with Crippen LogP contribution in [-0.4, -0.2) is 53.3 Å². The standard InChI is InChI=1S/C12H16ClN3O3/c1-7-5-19-6-9(3-17)16(7)12-11(13)10(4-18)14-8(2)15-12/h4,7,9,17H,3,5-6H2,1-2H3. The minimum atomic E-state index is -0.227. The zero-order valence-electron chi connectivity index (χ0n) is 10.8. The molecule has 0 amide bonds. The molecule has 1 aromatic rings. The Morgan fingerprint density at radius 2 is 2.26 bits per heavy atom. The molecule has 7 heteroatoms. The lowest BCUT2D eigenvalue weighted by atomic mass is 10.1. The van der Waals surface area contributed by atoms with Crippen molar-refractivity contribution in [3.8, 4) is 0 Å². The van der Waals surface area contributed by atoms with Crippen molar-refractivity contribution in [2.75, 3.05) is 24.7 Å². The van der Waals surface area contributed by atoms with Crippen LogP contribution in [0.5, 0.6) is 0 Å². The van der Waals surface area contributed by atoms with E-state index < -0.39 is 0 Å². The van der Waals surface area contributed by atoms with Crippen LogP contribution in [0, 0.1) is 6.92 Å². The minimum Gasteiger partial charge on any atom is -0.394 e. The summed E-state index contributed by atoms with van der Waals surface area (Å²) in [5, 5.41) is 9.67. The van der Waals surface area contributed by atoms with E-state index in [0.717, 1.165) is 0 Å². The third-order valence-electron chi connectivity index (χ3n) is 3.08. The first-order chi connectivity index (χ1) is 9.08. The van der Waals surface area contributed by atoms with Crippen LogP contribution in [0.2, 0.25) is 5.02 Å². The molecule has 0 aliphatic carbocycles. The molecule has 1 aliphatic heterocycles. The van der Waals surface area contributed by atoms with Gasteiger partial charge in [-0.3, -0.25) is 4.79 Å². The number of carbonyl (C=O) groups is 1. The summed E-state index contributed by atoms with van der Waals surface area (Å²) in [5.74, 6) is 0.947. The summed E-state index contributed by atoms with van der Waals surface area (Å²) in [6, 6.07) is -0.216. The van der Waals surface area contributed by atoms with Crippen molar-refractivity contribution in [2.45, 2.75) is 25.9 Å². The average molecular weight is 286 g/mol. The van der Waals surface area contributed by atoms with E-state index >= 15 is 0 Å². The van der Waals surface area contributed by atoms with Crippen LogP contribution in [-0.2, 0) is 4.74 Å². The molecule has 1 aromatic heterocycles. The van der Waals surface area contributed by atoms with Crippen LogP contribution in [0.25, 0.3) is 0 Å². The number of aliphatic hydroxyl groups is 1. The predicted octanol–water partition coefficient (Wildman–Crippen LogP) is 0.837. The number of carbonyl (C=O) groups excluding carboxylic acids is 1. The van der Waals surface area contributed by atoms with Gasteiger partial charge in [-0.1, -0.05) is 11.6 Å². The third kappa shape index (κ3) is 2.70. The second-order valence-electron chi connectivity index (χ2n) is 4.54. The summed E-state index contributed by atoms with van der Waals surface area (Å²) in [7, 11) is 0. The van der Waals surface area contributed by atoms with Crippen molar-refractivity contribution >= 4 is 23.7 Å². The topological polar surface area (TPSA) is 75.6 Å². The molecular formula is C12H16ClN3O3. The summed E-state index contributed by atoms with van der Waals surface area (Å²) in [4.78, 5) is 21.2. The highest BCUT2D eigenvalue weighted by Crippen LogP contribution is 2.30. The van der Waals surface area contributed by atoms with E-state index in [1.54, 1.807) is 6.92 Å². The lowest BCUT2D eigenvalue weighted by molar-refractivity contribution is 0.0517. The second-order valence-corrected chi connectivity index (χ2v) is 4.92. The van der Waals surface area contributed by atoms with Crippen molar-refractivity contribution < 1.29 is 14.6 Å². The number of hydrogen-bond acceptors (Lipinski definition) is 6. The quantitative estimate of drug-likeness (QED) is 0.830. The summed E-state index contributed by atoms with van der Waals surface area (Å²) in [6.45, 7) is 4.51. The molecule has 2 heterocycles. The Balaban J connectivity index is 2.49. The smallest absolute Gasteiger partial charge is 0.170 e. The molecular weight excluding hydrogens is 270 g/mol. The molecule has 1 aliphatic rings. The molecule has 1 fully saturated rings. The van der Waals surface area contributed by atoms with Crippen molar-refractivity contribution in [1.82, 2.24) is 9.97 Å². The maximum atomic E-state index is 11.0. The highest BCUT2D eigenvalue weighted by atomic mass is 35.5. The van der Waals surface area contributed by atoms with Gasteiger partial charge in [-0.25, -0.2) is 9.97 Å². The van der Waals surface area contributed by atoms with Crippen LogP contribution in [0.3, 0.4) is 0 Å². The van der Waals surface area contributed by atoms with E-state index in [9.17, 15) is 9.90 Å². The summed E-state index contributed by atoms with van der Waals surface area (Å²) in [6.07, 6.45) is 0.611. The summed E-state index contributed by atoms with van der Waals surface area (Å²) >= 11 is 6.18. The predicted molar refractivity (Wildman–Crippen MR) is 70.8 cm³/mol. The molecule has 2 unspecified atom stereocenters. The summed E-state index contributed by atoms with van der Waals surface area (Å²) in [5.41, 5.74) is 0.166. The molecule has 0 bridgehead atoms. The number of nitrogens with zero attached hydrogens (tertiary/aromatic N) is 3. The van der Waals surface area contributed by atoms with Gasteiger partial charge in [0.2, 0.25) is 0 Å². The van der Waals surface area contributed by atoms with Crippen LogP contribution < -0.4 is 4.90 Å². The Morgan fingerprint density at radius 3 is 2.89 bits per heavy atom. The monoisotopic (exact) mass is 285 g/mol. The highest BCUT2D eigenvalue weighted by molar-refractivity contribution is 6.35. The first-order valence-electron chi connectivity index (χ1n) is 6.04. The van der Waals surface area contributed by atoms with Crippen molar-refractivity contribution in [1.29, 1.82) is 0 Å². The molecule has 19 heavy (non-hydrogen) atoms. The largest absolute Gasteiger partial charge is 0.394 e. The van der Waals surface area contributed by atoms with E-state index in [0.29, 0.717) is 31.1 Å². The number of ether oxygens (including phenoxy) is 1. The molecule has 2 atom stereocenters. The van der Waals surface area contributed by atoms with Gasteiger partial charge in [-0.15, -0.1) is 0 Å². The number of rotatable bonds is 3. The number of aldehydes is 1. The summed E-state index contributed by atoms with van der Waals surface area (Å²) < 4.78 is 5.41. The van der Waals surface area contributed by atoms with E-state index in [1.807, 2.05) is 11.8 Å². The fourth-order valence-electron chi connectivity index (χ4n) is 2.23. The molecule has 0 saturated carbocycles. The fraction of sp³-hybridized carbons (Fsp3) is 0.583. The van der Waals surface area contributed by atoms with Gasteiger partial charge in [0.05, 0.1) is 31.9 Å².